The molecule has 6 heteroatoms. The maximum atomic E-state index is 11.7. The average Bonchev–Trinajstić information content (AvgIpc) is 2.40. The molecule has 1 aromatic heterocycles. The third-order valence-corrected chi connectivity index (χ3v) is 4.33. The van der Waals surface area contributed by atoms with Crippen LogP contribution in [0.2, 0.25) is 0 Å². The first-order valence-corrected chi connectivity index (χ1v) is 7.02. The predicted octanol–water partition coefficient (Wildman–Crippen LogP) is 1.51. The minimum absolute atomic E-state index is 0.156. The topological polar surface area (TPSA) is 67.2 Å². The number of aromatic nitrogens is 2. The number of aryl methyl sites for hydroxylation is 1. The molecule has 0 radical (unpaired) electrons. The van der Waals surface area contributed by atoms with Crippen molar-refractivity contribution in [2.24, 2.45) is 13.0 Å². The molecule has 2 N–H and O–H groups in total. The maximum absolute atomic E-state index is 11.7. The SMILES string of the molecule is Cn1ncc(N[C@@H]2CCCC[C@@H]2CO)c(Br)c1=O. The van der Waals surface area contributed by atoms with Gasteiger partial charge in [-0.2, -0.15) is 5.10 Å². The molecule has 0 aromatic carbocycles. The first-order valence-electron chi connectivity index (χ1n) is 6.22. The van der Waals surface area contributed by atoms with Crippen LogP contribution in [-0.2, 0) is 7.05 Å². The Morgan fingerprint density at radius 3 is 3.00 bits per heavy atom. The van der Waals surface area contributed by atoms with Crippen molar-refractivity contribution >= 4 is 21.6 Å². The van der Waals surface area contributed by atoms with Gasteiger partial charge in [0.25, 0.3) is 5.56 Å². The van der Waals surface area contributed by atoms with Crippen LogP contribution < -0.4 is 10.9 Å². The third kappa shape index (κ3) is 2.75. The van der Waals surface area contributed by atoms with Gasteiger partial charge in [0, 0.05) is 25.6 Å². The van der Waals surface area contributed by atoms with E-state index in [0.29, 0.717) is 10.2 Å². The van der Waals surface area contributed by atoms with E-state index in [-0.39, 0.29) is 24.1 Å². The van der Waals surface area contributed by atoms with Gasteiger partial charge in [-0.25, -0.2) is 4.68 Å². The molecule has 1 heterocycles. The Morgan fingerprint density at radius 1 is 1.56 bits per heavy atom. The lowest BCUT2D eigenvalue weighted by Crippen LogP contribution is -2.35. The summed E-state index contributed by atoms with van der Waals surface area (Å²) >= 11 is 3.30. The van der Waals surface area contributed by atoms with Gasteiger partial charge in [-0.1, -0.05) is 12.8 Å². The molecular weight excluding hydrogens is 298 g/mol. The molecule has 2 rings (SSSR count). The fraction of sp³-hybridized carbons (Fsp3) is 0.667. The molecule has 0 saturated heterocycles. The van der Waals surface area contributed by atoms with Crippen LogP contribution in [0.5, 0.6) is 0 Å². The van der Waals surface area contributed by atoms with Crippen LogP contribution in [0.1, 0.15) is 25.7 Å². The molecule has 0 aliphatic heterocycles. The van der Waals surface area contributed by atoms with Gasteiger partial charge >= 0.3 is 0 Å². The Hall–Kier alpha value is -0.880. The molecule has 1 aliphatic carbocycles. The van der Waals surface area contributed by atoms with Gasteiger partial charge in [0.15, 0.2) is 0 Å². The number of aliphatic hydroxyl groups excluding tert-OH is 1. The number of hydrogen-bond acceptors (Lipinski definition) is 4. The van der Waals surface area contributed by atoms with Gasteiger partial charge in [0.1, 0.15) is 4.47 Å². The molecule has 0 unspecified atom stereocenters. The summed E-state index contributed by atoms with van der Waals surface area (Å²) in [6.45, 7) is 0.188. The second-order valence-electron chi connectivity index (χ2n) is 4.78. The van der Waals surface area contributed by atoms with E-state index in [0.717, 1.165) is 19.3 Å². The summed E-state index contributed by atoms with van der Waals surface area (Å²) in [5.74, 6) is 0.259. The highest BCUT2D eigenvalue weighted by atomic mass is 79.9. The van der Waals surface area contributed by atoms with Crippen molar-refractivity contribution in [3.63, 3.8) is 0 Å². The molecule has 1 aliphatic rings. The van der Waals surface area contributed by atoms with Crippen LogP contribution in [-0.4, -0.2) is 27.5 Å². The lowest BCUT2D eigenvalue weighted by molar-refractivity contribution is 0.178. The van der Waals surface area contributed by atoms with Crippen molar-refractivity contribution in [3.8, 4) is 0 Å². The zero-order chi connectivity index (χ0) is 13.1. The first-order chi connectivity index (χ1) is 8.63. The number of nitrogens with zero attached hydrogens (tertiary/aromatic N) is 2. The van der Waals surface area contributed by atoms with Crippen LogP contribution in [0.25, 0.3) is 0 Å². The van der Waals surface area contributed by atoms with E-state index in [9.17, 15) is 9.90 Å². The summed E-state index contributed by atoms with van der Waals surface area (Å²) in [5.41, 5.74) is 0.555. The Bertz CT molecular complexity index is 475. The lowest BCUT2D eigenvalue weighted by Gasteiger charge is -2.31. The molecule has 0 amide bonds. The first kappa shape index (κ1) is 13.5. The zero-order valence-corrected chi connectivity index (χ0v) is 12.0. The van der Waals surface area contributed by atoms with Crippen LogP contribution in [0, 0.1) is 5.92 Å². The molecule has 1 fully saturated rings. The Kier molecular flexibility index (Phi) is 4.40. The molecule has 0 bridgehead atoms. The number of aliphatic hydroxyl groups is 1. The molecular formula is C12H18BrN3O2. The van der Waals surface area contributed by atoms with E-state index in [1.54, 1.807) is 13.2 Å². The summed E-state index contributed by atoms with van der Waals surface area (Å²) in [4.78, 5) is 11.7. The van der Waals surface area contributed by atoms with Crippen LogP contribution in [0.4, 0.5) is 5.69 Å². The van der Waals surface area contributed by atoms with Crippen molar-refractivity contribution in [2.45, 2.75) is 31.7 Å². The zero-order valence-electron chi connectivity index (χ0n) is 10.4. The molecule has 2 atom stereocenters. The monoisotopic (exact) mass is 315 g/mol. The van der Waals surface area contributed by atoms with Gasteiger partial charge < -0.3 is 10.4 Å². The standard InChI is InChI=1S/C12H18BrN3O2/c1-16-12(18)11(13)10(6-14-16)15-9-5-3-2-4-8(9)7-17/h6,8-9,15,17H,2-5,7H2,1H3/t8-,9-/m1/s1. The molecule has 5 nitrogen and oxygen atoms in total. The van der Waals surface area contributed by atoms with E-state index >= 15 is 0 Å². The van der Waals surface area contributed by atoms with E-state index in [1.807, 2.05) is 0 Å². The smallest absolute Gasteiger partial charge is 0.282 e. The minimum atomic E-state index is -0.156. The van der Waals surface area contributed by atoms with E-state index in [1.165, 1.54) is 11.1 Å². The molecule has 1 saturated carbocycles. The number of nitrogens with one attached hydrogen (secondary N) is 1. The Balaban J connectivity index is 2.18. The quantitative estimate of drug-likeness (QED) is 0.887. The van der Waals surface area contributed by atoms with Gasteiger partial charge in [0.2, 0.25) is 0 Å². The van der Waals surface area contributed by atoms with Gasteiger partial charge in [0.05, 0.1) is 11.9 Å². The summed E-state index contributed by atoms with van der Waals surface area (Å²) in [6.07, 6.45) is 6.02. The van der Waals surface area contributed by atoms with Crippen LogP contribution in [0.3, 0.4) is 0 Å². The van der Waals surface area contributed by atoms with Crippen LogP contribution in [0.15, 0.2) is 15.5 Å². The van der Waals surface area contributed by atoms with Crippen molar-refractivity contribution < 1.29 is 5.11 Å². The largest absolute Gasteiger partial charge is 0.396 e. The van der Waals surface area contributed by atoms with Crippen molar-refractivity contribution in [2.75, 3.05) is 11.9 Å². The normalized spacial score (nSPS) is 23.9. The maximum Gasteiger partial charge on any atom is 0.282 e. The summed E-state index contributed by atoms with van der Waals surface area (Å²) < 4.78 is 1.79. The molecule has 1 aromatic rings. The molecule has 0 spiro atoms. The summed E-state index contributed by atoms with van der Waals surface area (Å²) in [6, 6.07) is 0.217. The third-order valence-electron chi connectivity index (χ3n) is 3.56. The summed E-state index contributed by atoms with van der Waals surface area (Å²) in [7, 11) is 1.62. The fourth-order valence-corrected chi connectivity index (χ4v) is 2.90. The second kappa shape index (κ2) is 5.84. The van der Waals surface area contributed by atoms with Gasteiger partial charge in [-0.3, -0.25) is 4.79 Å². The molecule has 18 heavy (non-hydrogen) atoms. The highest BCUT2D eigenvalue weighted by Gasteiger charge is 2.25. The predicted molar refractivity (Wildman–Crippen MR) is 73.6 cm³/mol. The van der Waals surface area contributed by atoms with E-state index < -0.39 is 0 Å². The van der Waals surface area contributed by atoms with Gasteiger partial charge in [-0.15, -0.1) is 0 Å². The highest BCUT2D eigenvalue weighted by molar-refractivity contribution is 9.10. The Labute approximate surface area is 114 Å². The van der Waals surface area contributed by atoms with Gasteiger partial charge in [-0.05, 0) is 28.8 Å². The average molecular weight is 316 g/mol. The number of halogens is 1. The van der Waals surface area contributed by atoms with Crippen molar-refractivity contribution in [1.29, 1.82) is 0 Å². The number of anilines is 1. The van der Waals surface area contributed by atoms with E-state index in [4.69, 9.17) is 0 Å². The lowest BCUT2D eigenvalue weighted by atomic mass is 9.85. The van der Waals surface area contributed by atoms with Crippen molar-refractivity contribution in [1.82, 2.24) is 9.78 Å². The minimum Gasteiger partial charge on any atom is -0.396 e. The Morgan fingerprint density at radius 2 is 2.28 bits per heavy atom. The molecule has 100 valence electrons. The second-order valence-corrected chi connectivity index (χ2v) is 5.57. The van der Waals surface area contributed by atoms with Crippen LogP contribution >= 0.6 is 15.9 Å². The van der Waals surface area contributed by atoms with Crippen molar-refractivity contribution in [3.05, 3.63) is 21.0 Å². The number of rotatable bonds is 3. The fourth-order valence-electron chi connectivity index (χ4n) is 2.43. The number of hydrogen-bond donors (Lipinski definition) is 2. The summed E-state index contributed by atoms with van der Waals surface area (Å²) in [5, 5.41) is 16.7. The highest BCUT2D eigenvalue weighted by Crippen LogP contribution is 2.28. The van der Waals surface area contributed by atoms with E-state index in [2.05, 4.69) is 26.3 Å².